The fourth-order valence-corrected chi connectivity index (χ4v) is 1.62. The van der Waals surface area contributed by atoms with Crippen LogP contribution in [0, 0.1) is 0 Å². The molecule has 1 heterocycles. The number of nitrogens with zero attached hydrogens (tertiary/aromatic N) is 2. The lowest BCUT2D eigenvalue weighted by Crippen LogP contribution is -2.10. The summed E-state index contributed by atoms with van der Waals surface area (Å²) >= 11 is 2.96. The van der Waals surface area contributed by atoms with Crippen molar-refractivity contribution in [3.05, 3.63) is 10.2 Å². The highest BCUT2D eigenvalue weighted by atomic mass is 79.9. The van der Waals surface area contributed by atoms with Crippen molar-refractivity contribution in [3.63, 3.8) is 0 Å². The molecule has 0 bridgehead atoms. The number of carbonyl (C=O) groups is 1. The number of carboxylic acid groups (broad SMARTS) is 1. The van der Waals surface area contributed by atoms with E-state index in [4.69, 9.17) is 9.84 Å². The number of ether oxygens (including phenoxy) is 1. The van der Waals surface area contributed by atoms with Gasteiger partial charge in [-0.1, -0.05) is 0 Å². The molecule has 90 valence electrons. The van der Waals surface area contributed by atoms with Crippen molar-refractivity contribution in [3.8, 4) is 5.88 Å². The number of rotatable bonds is 5. The van der Waals surface area contributed by atoms with Crippen LogP contribution in [0.3, 0.4) is 0 Å². The van der Waals surface area contributed by atoms with Crippen LogP contribution in [0.1, 0.15) is 17.4 Å². The van der Waals surface area contributed by atoms with E-state index >= 15 is 0 Å². The lowest BCUT2D eigenvalue weighted by atomic mass is 10.4. The van der Waals surface area contributed by atoms with Gasteiger partial charge in [-0.25, -0.2) is 18.3 Å². The molecule has 0 fully saturated rings. The Hall–Kier alpha value is -1.18. The third-order valence-corrected chi connectivity index (χ3v) is 2.41. The van der Waals surface area contributed by atoms with Crippen LogP contribution in [0.25, 0.3) is 0 Å². The van der Waals surface area contributed by atoms with Gasteiger partial charge in [0.05, 0.1) is 0 Å². The molecule has 0 atom stereocenters. The van der Waals surface area contributed by atoms with Crippen LogP contribution in [0.2, 0.25) is 0 Å². The van der Waals surface area contributed by atoms with Crippen molar-refractivity contribution in [2.24, 2.45) is 0 Å². The summed E-state index contributed by atoms with van der Waals surface area (Å²) in [6, 6.07) is 0. The zero-order chi connectivity index (χ0) is 12.3. The number of aromatic nitrogens is 2. The second-order valence-corrected chi connectivity index (χ2v) is 3.58. The highest BCUT2D eigenvalue weighted by molar-refractivity contribution is 9.10. The molecule has 1 aromatic rings. The van der Waals surface area contributed by atoms with Crippen LogP contribution >= 0.6 is 15.9 Å². The zero-order valence-corrected chi connectivity index (χ0v) is 9.87. The SMILES string of the molecule is CCn1nc(C(=O)O)c(Br)c1OCC(F)F. The Morgan fingerprint density at radius 2 is 2.31 bits per heavy atom. The summed E-state index contributed by atoms with van der Waals surface area (Å²) in [6.07, 6.45) is -2.62. The average Bonchev–Trinajstić information content (AvgIpc) is 2.52. The Labute approximate surface area is 98.1 Å². The zero-order valence-electron chi connectivity index (χ0n) is 8.28. The van der Waals surface area contributed by atoms with Gasteiger partial charge in [0.1, 0.15) is 4.47 Å². The van der Waals surface area contributed by atoms with Gasteiger partial charge < -0.3 is 9.84 Å². The van der Waals surface area contributed by atoms with Crippen LogP contribution < -0.4 is 4.74 Å². The molecule has 0 radical (unpaired) electrons. The first-order valence-electron chi connectivity index (χ1n) is 4.37. The van der Waals surface area contributed by atoms with Gasteiger partial charge in [0.2, 0.25) is 5.88 Å². The van der Waals surface area contributed by atoms with E-state index in [1.807, 2.05) is 0 Å². The smallest absolute Gasteiger partial charge is 0.357 e. The molecule has 8 heteroatoms. The predicted molar refractivity (Wildman–Crippen MR) is 54.1 cm³/mol. The molecular weight excluding hydrogens is 290 g/mol. The Kier molecular flexibility index (Phi) is 4.22. The first-order chi connectivity index (χ1) is 7.47. The van der Waals surface area contributed by atoms with Gasteiger partial charge in [-0.3, -0.25) is 0 Å². The molecule has 0 saturated heterocycles. The summed E-state index contributed by atoms with van der Waals surface area (Å²) in [6.45, 7) is 1.22. The second-order valence-electron chi connectivity index (χ2n) is 2.79. The van der Waals surface area contributed by atoms with Crippen molar-refractivity contribution in [1.29, 1.82) is 0 Å². The lowest BCUT2D eigenvalue weighted by molar-refractivity contribution is 0.0688. The van der Waals surface area contributed by atoms with Gasteiger partial charge in [-0.2, -0.15) is 5.10 Å². The summed E-state index contributed by atoms with van der Waals surface area (Å²) in [7, 11) is 0. The normalized spacial score (nSPS) is 10.8. The summed E-state index contributed by atoms with van der Waals surface area (Å²) in [5.41, 5.74) is -0.258. The van der Waals surface area contributed by atoms with Gasteiger partial charge in [0.15, 0.2) is 12.3 Å². The maximum atomic E-state index is 12.0. The molecule has 0 spiro atoms. The standard InChI is InChI=1S/C8H9BrF2N2O3/c1-2-13-7(16-3-4(10)11)5(9)6(12-13)8(14)15/h4H,2-3H2,1H3,(H,14,15). The third-order valence-electron chi connectivity index (χ3n) is 1.70. The van der Waals surface area contributed by atoms with Crippen molar-refractivity contribution in [2.75, 3.05) is 6.61 Å². The van der Waals surface area contributed by atoms with E-state index in [0.29, 0.717) is 6.54 Å². The lowest BCUT2D eigenvalue weighted by Gasteiger charge is -2.06. The molecule has 5 nitrogen and oxygen atoms in total. The first-order valence-corrected chi connectivity index (χ1v) is 5.17. The Balaban J connectivity index is 3.01. The maximum absolute atomic E-state index is 12.0. The monoisotopic (exact) mass is 298 g/mol. The minimum absolute atomic E-state index is 0.000185. The highest BCUT2D eigenvalue weighted by Gasteiger charge is 2.22. The molecule has 1 N–H and O–H groups in total. The van der Waals surface area contributed by atoms with Crippen molar-refractivity contribution in [2.45, 2.75) is 19.9 Å². The molecule has 0 aromatic carbocycles. The predicted octanol–water partition coefficient (Wildman–Crippen LogP) is 2.01. The van der Waals surface area contributed by atoms with Gasteiger partial charge in [0.25, 0.3) is 6.43 Å². The van der Waals surface area contributed by atoms with Gasteiger partial charge >= 0.3 is 5.97 Å². The third kappa shape index (κ3) is 2.69. The molecule has 1 rings (SSSR count). The summed E-state index contributed by atoms with van der Waals surface area (Å²) in [5, 5.41) is 12.5. The van der Waals surface area contributed by atoms with Crippen molar-refractivity contribution < 1.29 is 23.4 Å². The van der Waals surface area contributed by atoms with Gasteiger partial charge in [-0.05, 0) is 22.9 Å². The second kappa shape index (κ2) is 5.24. The Bertz CT molecular complexity index is 395. The van der Waals surface area contributed by atoms with Crippen LogP contribution in [-0.4, -0.2) is 33.9 Å². The highest BCUT2D eigenvalue weighted by Crippen LogP contribution is 2.29. The van der Waals surface area contributed by atoms with Crippen molar-refractivity contribution >= 4 is 21.9 Å². The number of carboxylic acids is 1. The van der Waals surface area contributed by atoms with Crippen LogP contribution in [0.15, 0.2) is 4.47 Å². The Morgan fingerprint density at radius 3 is 2.75 bits per heavy atom. The average molecular weight is 299 g/mol. The number of hydrogen-bond acceptors (Lipinski definition) is 3. The van der Waals surface area contributed by atoms with Crippen LogP contribution in [0.5, 0.6) is 5.88 Å². The number of halogens is 3. The minimum Gasteiger partial charge on any atom is -0.476 e. The number of hydrogen-bond donors (Lipinski definition) is 1. The van der Waals surface area contributed by atoms with Crippen LogP contribution in [0.4, 0.5) is 8.78 Å². The van der Waals surface area contributed by atoms with E-state index < -0.39 is 19.0 Å². The van der Waals surface area contributed by atoms with E-state index in [0.717, 1.165) is 0 Å². The number of alkyl halides is 2. The molecule has 0 aliphatic carbocycles. The van der Waals surface area contributed by atoms with E-state index in [-0.39, 0.29) is 16.0 Å². The van der Waals surface area contributed by atoms with E-state index in [1.165, 1.54) is 4.68 Å². The van der Waals surface area contributed by atoms with Gasteiger partial charge in [0, 0.05) is 6.54 Å². The quantitative estimate of drug-likeness (QED) is 0.903. The molecule has 0 aliphatic rings. The Morgan fingerprint density at radius 1 is 1.69 bits per heavy atom. The number of aryl methyl sites for hydroxylation is 1. The largest absolute Gasteiger partial charge is 0.476 e. The summed E-state index contributed by atoms with van der Waals surface area (Å²) in [4.78, 5) is 10.7. The van der Waals surface area contributed by atoms with E-state index in [9.17, 15) is 13.6 Å². The molecule has 0 unspecified atom stereocenters. The molecule has 16 heavy (non-hydrogen) atoms. The molecular formula is C8H9BrF2N2O3. The molecule has 1 aromatic heterocycles. The van der Waals surface area contributed by atoms with E-state index in [1.54, 1.807) is 6.92 Å². The summed E-state index contributed by atoms with van der Waals surface area (Å²) in [5.74, 6) is -1.25. The molecule has 0 aliphatic heterocycles. The van der Waals surface area contributed by atoms with Crippen LogP contribution in [-0.2, 0) is 6.54 Å². The van der Waals surface area contributed by atoms with Gasteiger partial charge in [-0.15, -0.1) is 0 Å². The minimum atomic E-state index is -2.62. The maximum Gasteiger partial charge on any atom is 0.357 e. The van der Waals surface area contributed by atoms with Crippen molar-refractivity contribution in [1.82, 2.24) is 9.78 Å². The molecule has 0 saturated carbocycles. The molecule has 0 amide bonds. The number of aromatic carboxylic acids is 1. The topological polar surface area (TPSA) is 64.4 Å². The fraction of sp³-hybridized carbons (Fsp3) is 0.500. The summed E-state index contributed by atoms with van der Waals surface area (Å²) < 4.78 is 30.0. The van der Waals surface area contributed by atoms with E-state index in [2.05, 4.69) is 21.0 Å². The first kappa shape index (κ1) is 12.9. The fourth-order valence-electron chi connectivity index (χ4n) is 1.06.